The molecule has 0 saturated carbocycles. The third-order valence-electron chi connectivity index (χ3n) is 9.01. The molecule has 14 heteroatoms. The van der Waals surface area contributed by atoms with Crippen LogP contribution < -0.4 is 10.2 Å². The summed E-state index contributed by atoms with van der Waals surface area (Å²) in [6.07, 6.45) is 7.96. The number of benzene rings is 1. The van der Waals surface area contributed by atoms with Crippen molar-refractivity contribution in [2.75, 3.05) is 36.4 Å². The molecule has 0 aliphatic carbocycles. The Morgan fingerprint density at radius 1 is 0.979 bits per heavy atom. The first kappa shape index (κ1) is 30.4. The van der Waals surface area contributed by atoms with Crippen molar-refractivity contribution in [1.29, 1.82) is 0 Å². The molecular weight excluding hydrogens is 602 g/mol. The molecule has 2 atom stereocenters. The summed E-state index contributed by atoms with van der Waals surface area (Å²) in [5, 5.41) is 18.3. The van der Waals surface area contributed by atoms with E-state index in [1.165, 1.54) is 0 Å². The van der Waals surface area contributed by atoms with Gasteiger partial charge in [0.05, 0.1) is 35.4 Å². The zero-order valence-electron chi connectivity index (χ0n) is 26.5. The topological polar surface area (TPSA) is 159 Å². The fourth-order valence-corrected chi connectivity index (χ4v) is 6.72. The standard InChI is InChI=1S/C33H37N9O5/c1-33(2,3)47-32(46)41-19-23-15-24(41)18-40(23)28-16-22(6-9-36-28)42-26-14-21(30(43)39-12-7-20(8-13-39)31(44)45)4-5-25(26)29(38-42)37-27-17-34-10-11-35-27/h4-6,9-11,14,16-17,20,23-24H,7-8,12-13,15,18-19H2,1-3H3,(H,44,45)(H,35,37,38)/t23-,24-/m0/s1. The molecule has 3 aliphatic heterocycles. The van der Waals surface area contributed by atoms with Crippen LogP contribution in [0.2, 0.25) is 0 Å². The van der Waals surface area contributed by atoms with E-state index in [0.29, 0.717) is 61.7 Å². The SMILES string of the molecule is CC(C)(C)OC(=O)N1C[C@@H]2C[C@H]1CN2c1cc(-n2nc(Nc3cnccn3)c3ccc(C(=O)N4CCC(C(=O)O)CC4)cc32)ccn1. The van der Waals surface area contributed by atoms with E-state index in [-0.39, 0.29) is 24.1 Å². The Morgan fingerprint density at radius 2 is 1.79 bits per heavy atom. The van der Waals surface area contributed by atoms with E-state index in [9.17, 15) is 19.5 Å². The number of likely N-dealkylation sites (tertiary alicyclic amines) is 2. The molecule has 244 valence electrons. The quantitative estimate of drug-likeness (QED) is 0.313. The van der Waals surface area contributed by atoms with E-state index >= 15 is 0 Å². The van der Waals surface area contributed by atoms with E-state index < -0.39 is 17.5 Å². The highest BCUT2D eigenvalue weighted by atomic mass is 16.6. The van der Waals surface area contributed by atoms with Crippen LogP contribution in [-0.2, 0) is 9.53 Å². The van der Waals surface area contributed by atoms with E-state index in [1.54, 1.807) is 40.4 Å². The number of hydrogen-bond acceptors (Lipinski definition) is 10. The van der Waals surface area contributed by atoms with Gasteiger partial charge in [0.1, 0.15) is 17.2 Å². The summed E-state index contributed by atoms with van der Waals surface area (Å²) in [4.78, 5) is 56.8. The number of carbonyl (C=O) groups is 3. The first-order valence-electron chi connectivity index (χ1n) is 15.8. The van der Waals surface area contributed by atoms with Crippen LogP contribution >= 0.6 is 0 Å². The van der Waals surface area contributed by atoms with Crippen molar-refractivity contribution in [1.82, 2.24) is 34.5 Å². The Labute approximate surface area is 271 Å². The highest BCUT2D eigenvalue weighted by Gasteiger charge is 2.47. The number of nitrogens with one attached hydrogen (secondary N) is 1. The number of ether oxygens (including phenoxy) is 1. The second kappa shape index (κ2) is 11.8. The number of nitrogens with zero attached hydrogens (tertiary/aromatic N) is 8. The van der Waals surface area contributed by atoms with Gasteiger partial charge in [-0.25, -0.2) is 19.4 Å². The largest absolute Gasteiger partial charge is 0.481 e. The first-order chi connectivity index (χ1) is 22.5. The van der Waals surface area contributed by atoms with Crippen molar-refractivity contribution in [3.05, 3.63) is 60.7 Å². The van der Waals surface area contributed by atoms with Crippen LogP contribution in [0.1, 0.15) is 50.4 Å². The molecule has 2 bridgehead atoms. The predicted octanol–water partition coefficient (Wildman–Crippen LogP) is 4.09. The monoisotopic (exact) mass is 639 g/mol. The summed E-state index contributed by atoms with van der Waals surface area (Å²) < 4.78 is 7.42. The molecule has 7 rings (SSSR count). The minimum atomic E-state index is -0.815. The lowest BCUT2D eigenvalue weighted by atomic mass is 9.96. The molecule has 3 aromatic heterocycles. The lowest BCUT2D eigenvalue weighted by Gasteiger charge is -2.35. The third kappa shape index (κ3) is 6.02. The van der Waals surface area contributed by atoms with Crippen molar-refractivity contribution >= 4 is 46.3 Å². The van der Waals surface area contributed by atoms with Crippen molar-refractivity contribution in [3.63, 3.8) is 0 Å². The number of aliphatic carboxylic acids is 1. The molecule has 47 heavy (non-hydrogen) atoms. The molecule has 3 saturated heterocycles. The number of pyridine rings is 1. The zero-order valence-corrected chi connectivity index (χ0v) is 26.5. The van der Waals surface area contributed by atoms with E-state index in [0.717, 1.165) is 23.3 Å². The first-order valence-corrected chi connectivity index (χ1v) is 15.8. The van der Waals surface area contributed by atoms with Crippen molar-refractivity contribution in [2.45, 2.75) is 57.7 Å². The Bertz CT molecular complexity index is 1830. The summed E-state index contributed by atoms with van der Waals surface area (Å²) in [6.45, 7) is 7.62. The van der Waals surface area contributed by atoms with Gasteiger partial charge in [-0.05, 0) is 64.3 Å². The van der Waals surface area contributed by atoms with Gasteiger partial charge in [0.25, 0.3) is 5.91 Å². The molecule has 3 fully saturated rings. The molecule has 4 aromatic rings. The number of fused-ring (bicyclic) bond motifs is 3. The molecule has 0 radical (unpaired) electrons. The predicted molar refractivity (Wildman–Crippen MR) is 173 cm³/mol. The Morgan fingerprint density at radius 3 is 2.47 bits per heavy atom. The van der Waals surface area contributed by atoms with Crippen LogP contribution in [0.15, 0.2) is 55.1 Å². The summed E-state index contributed by atoms with van der Waals surface area (Å²) in [5.74, 6) is 0.463. The van der Waals surface area contributed by atoms with Crippen LogP contribution in [-0.4, -0.2) is 101 Å². The Hall–Kier alpha value is -5.27. The van der Waals surface area contributed by atoms with Crippen LogP contribution in [0.3, 0.4) is 0 Å². The lowest BCUT2D eigenvalue weighted by Crippen LogP contribution is -2.50. The summed E-state index contributed by atoms with van der Waals surface area (Å²) >= 11 is 0. The van der Waals surface area contributed by atoms with Gasteiger partial charge in [0.15, 0.2) is 5.82 Å². The number of carboxylic acids is 1. The molecule has 0 unspecified atom stereocenters. The number of piperazine rings is 1. The maximum atomic E-state index is 13.6. The molecule has 6 heterocycles. The minimum Gasteiger partial charge on any atom is -0.481 e. The summed E-state index contributed by atoms with van der Waals surface area (Å²) in [5.41, 5.74) is 1.40. The number of aromatic nitrogens is 5. The molecule has 2 amide bonds. The maximum absolute atomic E-state index is 13.6. The highest BCUT2D eigenvalue weighted by molar-refractivity contribution is 6.01. The smallest absolute Gasteiger partial charge is 0.410 e. The maximum Gasteiger partial charge on any atom is 0.410 e. The van der Waals surface area contributed by atoms with Crippen LogP contribution in [0.25, 0.3) is 16.6 Å². The van der Waals surface area contributed by atoms with Gasteiger partial charge in [-0.3, -0.25) is 14.6 Å². The third-order valence-corrected chi connectivity index (χ3v) is 9.01. The van der Waals surface area contributed by atoms with Gasteiger partial charge >= 0.3 is 12.1 Å². The molecular formula is C33H37N9O5. The average Bonchev–Trinajstić information content (AvgIpc) is 3.78. The van der Waals surface area contributed by atoms with Gasteiger partial charge in [-0.2, -0.15) is 0 Å². The average molecular weight is 640 g/mol. The lowest BCUT2D eigenvalue weighted by molar-refractivity contribution is -0.143. The molecule has 14 nitrogen and oxygen atoms in total. The highest BCUT2D eigenvalue weighted by Crippen LogP contribution is 2.36. The number of hydrogen-bond donors (Lipinski definition) is 2. The summed E-state index contributed by atoms with van der Waals surface area (Å²) in [6, 6.07) is 9.47. The van der Waals surface area contributed by atoms with Gasteiger partial charge in [-0.15, -0.1) is 5.10 Å². The number of carbonyl (C=O) groups excluding carboxylic acids is 2. The van der Waals surface area contributed by atoms with Crippen LogP contribution in [0.5, 0.6) is 0 Å². The van der Waals surface area contributed by atoms with Crippen molar-refractivity contribution in [2.24, 2.45) is 5.92 Å². The van der Waals surface area contributed by atoms with E-state index in [1.807, 2.05) is 49.9 Å². The normalized spacial score (nSPS) is 19.8. The number of anilines is 3. The van der Waals surface area contributed by atoms with E-state index in [2.05, 4.69) is 25.2 Å². The molecule has 2 N–H and O–H groups in total. The Kier molecular flexibility index (Phi) is 7.65. The molecule has 0 spiro atoms. The zero-order chi connectivity index (χ0) is 32.9. The van der Waals surface area contributed by atoms with Gasteiger partial charge < -0.3 is 29.9 Å². The van der Waals surface area contributed by atoms with Gasteiger partial charge in [0.2, 0.25) is 0 Å². The van der Waals surface area contributed by atoms with E-state index in [4.69, 9.17) is 9.84 Å². The van der Waals surface area contributed by atoms with Gasteiger partial charge in [-0.1, -0.05) is 0 Å². The second-order valence-corrected chi connectivity index (χ2v) is 13.3. The van der Waals surface area contributed by atoms with Crippen LogP contribution in [0, 0.1) is 5.92 Å². The second-order valence-electron chi connectivity index (χ2n) is 13.3. The summed E-state index contributed by atoms with van der Waals surface area (Å²) in [7, 11) is 0. The minimum absolute atomic E-state index is 0.0442. The number of amides is 2. The fourth-order valence-electron chi connectivity index (χ4n) is 6.72. The number of rotatable bonds is 6. The van der Waals surface area contributed by atoms with Gasteiger partial charge in [0, 0.05) is 61.8 Å². The fraction of sp³-hybridized carbons (Fsp3) is 0.424. The number of piperidine rings is 1. The van der Waals surface area contributed by atoms with Crippen molar-refractivity contribution < 1.29 is 24.2 Å². The molecule has 1 aromatic carbocycles. The number of carboxylic acid groups (broad SMARTS) is 1. The Balaban J connectivity index is 1.19. The van der Waals surface area contributed by atoms with Crippen molar-refractivity contribution in [3.8, 4) is 5.69 Å². The molecule has 3 aliphatic rings. The van der Waals surface area contributed by atoms with Crippen LogP contribution in [0.4, 0.5) is 22.2 Å².